The number of hydrogen-bond acceptors (Lipinski definition) is 4. The van der Waals surface area contributed by atoms with Crippen LogP contribution in [0.1, 0.15) is 63.5 Å². The molecule has 1 aromatic heterocycles. The number of ether oxygens (including phenoxy) is 2. The average Bonchev–Trinajstić information content (AvgIpc) is 2.99. The molecule has 0 spiro atoms. The molecule has 0 bridgehead atoms. The Balaban J connectivity index is 1.80. The number of amides is 1. The van der Waals surface area contributed by atoms with E-state index in [1.807, 2.05) is 52.8 Å². The van der Waals surface area contributed by atoms with Gasteiger partial charge in [0.25, 0.3) is 5.91 Å². The van der Waals surface area contributed by atoms with Gasteiger partial charge in [-0.1, -0.05) is 42.0 Å². The third kappa shape index (κ3) is 8.08. The Kier molecular flexibility index (Phi) is 9.83. The smallest absolute Gasteiger partial charge is 0.419 e. The van der Waals surface area contributed by atoms with Crippen molar-refractivity contribution in [1.82, 2.24) is 15.1 Å². The third-order valence-corrected chi connectivity index (χ3v) is 6.26. The highest BCUT2D eigenvalue weighted by atomic mass is 19.4. The minimum atomic E-state index is -4.60. The predicted molar refractivity (Wildman–Crippen MR) is 146 cm³/mol. The molecule has 0 saturated carbocycles. The maximum Gasteiger partial charge on any atom is 0.419 e. The first-order chi connectivity index (χ1) is 18.3. The van der Waals surface area contributed by atoms with Gasteiger partial charge in [0, 0.05) is 18.0 Å². The molecule has 1 aromatic rings. The molecule has 2 heterocycles. The lowest BCUT2D eigenvalue weighted by atomic mass is 9.97. The molecule has 1 saturated heterocycles. The van der Waals surface area contributed by atoms with Gasteiger partial charge in [0.1, 0.15) is 5.76 Å². The summed E-state index contributed by atoms with van der Waals surface area (Å²) < 4.78 is 53.8. The summed E-state index contributed by atoms with van der Waals surface area (Å²) in [6.45, 7) is 12.9. The number of hydrogen-bond donors (Lipinski definition) is 1. The SMILES string of the molecule is C/C=C/C(=C\C=C(/C)CNC(=O)c1nn(C(C)(C)C)c(OC2=CCC=CC=C2C(F)(F)F)c1C)CC1COC1. The molecule has 0 radical (unpaired) electrons. The quantitative estimate of drug-likeness (QED) is 0.344. The van der Waals surface area contributed by atoms with Gasteiger partial charge in [0.05, 0.1) is 24.3 Å². The van der Waals surface area contributed by atoms with Crippen molar-refractivity contribution in [3.8, 4) is 5.88 Å². The highest BCUT2D eigenvalue weighted by Crippen LogP contribution is 2.37. The highest BCUT2D eigenvalue weighted by molar-refractivity contribution is 5.94. The average molecular weight is 546 g/mol. The third-order valence-electron chi connectivity index (χ3n) is 6.26. The molecule has 6 nitrogen and oxygen atoms in total. The maximum absolute atomic E-state index is 13.7. The second kappa shape index (κ2) is 12.7. The van der Waals surface area contributed by atoms with Crippen LogP contribution in [0.15, 0.2) is 71.1 Å². The van der Waals surface area contributed by atoms with E-state index in [0.717, 1.165) is 31.3 Å². The number of nitrogens with one attached hydrogen (secondary N) is 1. The first-order valence-electron chi connectivity index (χ1n) is 13.1. The van der Waals surface area contributed by atoms with Gasteiger partial charge in [0.15, 0.2) is 5.69 Å². The number of halogens is 3. The van der Waals surface area contributed by atoms with Crippen LogP contribution in [-0.4, -0.2) is 41.6 Å². The molecule has 9 heteroatoms. The second-order valence-electron chi connectivity index (χ2n) is 10.8. The Hall–Kier alpha value is -3.33. The summed E-state index contributed by atoms with van der Waals surface area (Å²) in [5.41, 5.74) is 1.05. The molecule has 1 fully saturated rings. The summed E-state index contributed by atoms with van der Waals surface area (Å²) in [5, 5.41) is 7.34. The summed E-state index contributed by atoms with van der Waals surface area (Å²) in [4.78, 5) is 13.1. The Morgan fingerprint density at radius 2 is 1.97 bits per heavy atom. The van der Waals surface area contributed by atoms with Gasteiger partial charge in [-0.2, -0.15) is 18.3 Å². The van der Waals surface area contributed by atoms with Crippen LogP contribution in [0, 0.1) is 12.8 Å². The van der Waals surface area contributed by atoms with Gasteiger partial charge in [-0.05, 0) is 72.1 Å². The molecule has 1 N–H and O–H groups in total. The molecule has 1 aliphatic heterocycles. The van der Waals surface area contributed by atoms with E-state index < -0.39 is 23.2 Å². The maximum atomic E-state index is 13.7. The molecular formula is C30H38F3N3O3. The van der Waals surface area contributed by atoms with Crippen molar-refractivity contribution < 1.29 is 27.4 Å². The van der Waals surface area contributed by atoms with Gasteiger partial charge in [0.2, 0.25) is 5.88 Å². The van der Waals surface area contributed by atoms with Crippen LogP contribution < -0.4 is 10.1 Å². The van der Waals surface area contributed by atoms with E-state index >= 15 is 0 Å². The van der Waals surface area contributed by atoms with Crippen molar-refractivity contribution in [2.75, 3.05) is 19.8 Å². The molecule has 1 amide bonds. The molecule has 39 heavy (non-hydrogen) atoms. The van der Waals surface area contributed by atoms with Gasteiger partial charge < -0.3 is 14.8 Å². The minimum absolute atomic E-state index is 0.0992. The largest absolute Gasteiger partial charge is 0.439 e. The summed E-state index contributed by atoms with van der Waals surface area (Å²) in [6.07, 6.45) is 10.1. The number of nitrogens with zero attached hydrogens (tertiary/aromatic N) is 2. The van der Waals surface area contributed by atoms with E-state index in [1.165, 1.54) is 22.4 Å². The summed E-state index contributed by atoms with van der Waals surface area (Å²) in [6, 6.07) is 0. The molecule has 2 aliphatic rings. The van der Waals surface area contributed by atoms with Crippen LogP contribution in [0.25, 0.3) is 0 Å². The van der Waals surface area contributed by atoms with E-state index in [1.54, 1.807) is 13.0 Å². The van der Waals surface area contributed by atoms with Crippen molar-refractivity contribution in [3.05, 3.63) is 82.3 Å². The predicted octanol–water partition coefficient (Wildman–Crippen LogP) is 6.87. The van der Waals surface area contributed by atoms with Gasteiger partial charge in [-0.25, -0.2) is 4.68 Å². The second-order valence-corrected chi connectivity index (χ2v) is 10.8. The van der Waals surface area contributed by atoms with Crippen LogP contribution >= 0.6 is 0 Å². The number of allylic oxidation sites excluding steroid dienone is 10. The van der Waals surface area contributed by atoms with Gasteiger partial charge in [-0.3, -0.25) is 4.79 Å². The lowest BCUT2D eigenvalue weighted by Gasteiger charge is -2.26. The van der Waals surface area contributed by atoms with E-state index in [2.05, 4.69) is 16.5 Å². The van der Waals surface area contributed by atoms with E-state index in [0.29, 0.717) is 18.0 Å². The molecular weight excluding hydrogens is 507 g/mol. The molecule has 0 unspecified atom stereocenters. The van der Waals surface area contributed by atoms with Crippen molar-refractivity contribution in [2.45, 2.75) is 66.1 Å². The number of aromatic nitrogens is 2. The number of alkyl halides is 3. The summed E-state index contributed by atoms with van der Waals surface area (Å²) in [5.74, 6) is -0.114. The molecule has 0 aromatic carbocycles. The monoisotopic (exact) mass is 545 g/mol. The fourth-order valence-corrected chi connectivity index (χ4v) is 4.07. The van der Waals surface area contributed by atoms with E-state index in [4.69, 9.17) is 9.47 Å². The van der Waals surface area contributed by atoms with Crippen LogP contribution in [0.2, 0.25) is 0 Å². The van der Waals surface area contributed by atoms with Crippen molar-refractivity contribution in [3.63, 3.8) is 0 Å². The lowest BCUT2D eigenvalue weighted by molar-refractivity contribution is -0.0920. The van der Waals surface area contributed by atoms with E-state index in [-0.39, 0.29) is 23.8 Å². The molecule has 0 atom stereocenters. The van der Waals surface area contributed by atoms with Crippen LogP contribution in [0.3, 0.4) is 0 Å². The molecule has 1 aliphatic carbocycles. The number of carbonyl (C=O) groups excluding carboxylic acids is 1. The molecule has 212 valence electrons. The first-order valence-corrected chi connectivity index (χ1v) is 13.1. The molecule has 3 rings (SSSR count). The minimum Gasteiger partial charge on any atom is -0.439 e. The Morgan fingerprint density at radius 3 is 2.56 bits per heavy atom. The van der Waals surface area contributed by atoms with Gasteiger partial charge >= 0.3 is 6.18 Å². The van der Waals surface area contributed by atoms with Crippen molar-refractivity contribution >= 4 is 5.91 Å². The Labute approximate surface area is 228 Å². The fraction of sp³-hybridized carbons (Fsp3) is 0.467. The standard InChI is InChI=1S/C30H38F3N3O3/c1-7-11-22(16-23-18-38-19-23)15-14-20(2)17-34-27(37)26-21(3)28(36(35-26)29(4,5)6)39-25-13-10-8-9-12-24(25)30(31,32)33/h7-9,11-15,23H,10,16-19H2,1-6H3,(H,34,37)/b11-7+,20-14+,22-15+. The summed E-state index contributed by atoms with van der Waals surface area (Å²) in [7, 11) is 0. The topological polar surface area (TPSA) is 65.4 Å². The lowest BCUT2D eigenvalue weighted by Crippen LogP contribution is -2.28. The van der Waals surface area contributed by atoms with Crippen molar-refractivity contribution in [2.24, 2.45) is 5.92 Å². The summed E-state index contributed by atoms with van der Waals surface area (Å²) >= 11 is 0. The number of carbonyl (C=O) groups is 1. The fourth-order valence-electron chi connectivity index (χ4n) is 4.07. The van der Waals surface area contributed by atoms with E-state index in [9.17, 15) is 18.0 Å². The Bertz CT molecular complexity index is 1230. The van der Waals surface area contributed by atoms with Crippen LogP contribution in [-0.2, 0) is 10.3 Å². The zero-order valence-electron chi connectivity index (χ0n) is 23.5. The zero-order chi connectivity index (χ0) is 28.8. The van der Waals surface area contributed by atoms with Crippen LogP contribution in [0.4, 0.5) is 13.2 Å². The van der Waals surface area contributed by atoms with Crippen molar-refractivity contribution in [1.29, 1.82) is 0 Å². The van der Waals surface area contributed by atoms with Gasteiger partial charge in [-0.15, -0.1) is 0 Å². The van der Waals surface area contributed by atoms with Crippen LogP contribution in [0.5, 0.6) is 5.88 Å². The highest BCUT2D eigenvalue weighted by Gasteiger charge is 2.38. The normalized spacial score (nSPS) is 17.6. The zero-order valence-corrected chi connectivity index (χ0v) is 23.5. The first kappa shape index (κ1) is 30.2. The Morgan fingerprint density at radius 1 is 1.26 bits per heavy atom. The number of rotatable bonds is 9.